The molecule has 0 saturated carbocycles. The fourth-order valence-corrected chi connectivity index (χ4v) is 8.01. The lowest BCUT2D eigenvalue weighted by atomic mass is 9.77. The molecule has 0 spiro atoms. The van der Waals surface area contributed by atoms with Crippen LogP contribution >= 0.6 is 0 Å². The number of nitrogens with one attached hydrogen (secondary N) is 1. The maximum atomic E-state index is 13.9. The van der Waals surface area contributed by atoms with E-state index >= 15 is 0 Å². The maximum Gasteiger partial charge on any atom is 0.286 e. The van der Waals surface area contributed by atoms with E-state index in [1.807, 2.05) is 0 Å². The number of sulfone groups is 1. The number of nitrogens with zero attached hydrogens (tertiary/aromatic N) is 2. The Bertz CT molecular complexity index is 1700. The number of aliphatic hydroxyl groups is 1. The topological polar surface area (TPSA) is 142 Å². The zero-order valence-corrected chi connectivity index (χ0v) is 22.7. The van der Waals surface area contributed by atoms with Crippen LogP contribution in [0.25, 0.3) is 0 Å². The lowest BCUT2D eigenvalue weighted by Crippen LogP contribution is -2.55. The van der Waals surface area contributed by atoms with Gasteiger partial charge in [-0.2, -0.15) is 8.42 Å². The number of halogens is 1. The van der Waals surface area contributed by atoms with Crippen molar-refractivity contribution in [3.8, 4) is 0 Å². The monoisotopic (exact) mass is 575 g/mol. The Morgan fingerprint density at radius 1 is 1.15 bits per heavy atom. The van der Waals surface area contributed by atoms with Gasteiger partial charge in [-0.15, -0.1) is 4.40 Å². The number of carbonyl (C=O) groups excluding carboxylic acids is 1. The smallest absolute Gasteiger partial charge is 0.286 e. The summed E-state index contributed by atoms with van der Waals surface area (Å²) in [6.07, 6.45) is 1.83. The second kappa shape index (κ2) is 8.86. The molecule has 2 unspecified atom stereocenters. The van der Waals surface area contributed by atoms with E-state index in [9.17, 15) is 31.1 Å². The molecule has 6 rings (SSSR count). The Labute approximate surface area is 225 Å². The van der Waals surface area contributed by atoms with E-state index in [1.165, 1.54) is 24.3 Å². The van der Waals surface area contributed by atoms with Crippen LogP contribution in [0.4, 0.5) is 10.1 Å². The molecule has 206 valence electrons. The summed E-state index contributed by atoms with van der Waals surface area (Å²) in [6, 6.07) is 8.23. The van der Waals surface area contributed by atoms with Gasteiger partial charge in [0.25, 0.3) is 15.9 Å². The molecule has 0 aliphatic carbocycles. The Balaban J connectivity index is 1.41. The van der Waals surface area contributed by atoms with Gasteiger partial charge in [-0.3, -0.25) is 4.79 Å². The van der Waals surface area contributed by atoms with Crippen molar-refractivity contribution in [3.63, 3.8) is 0 Å². The van der Waals surface area contributed by atoms with Crippen molar-refractivity contribution in [1.82, 2.24) is 4.90 Å². The molecule has 2 fully saturated rings. The van der Waals surface area contributed by atoms with Gasteiger partial charge in [-0.05, 0) is 54.7 Å². The number of aryl methyl sites for hydroxylation is 1. The van der Waals surface area contributed by atoms with Gasteiger partial charge in [-0.25, -0.2) is 12.8 Å². The summed E-state index contributed by atoms with van der Waals surface area (Å²) < 4.78 is 73.6. The van der Waals surface area contributed by atoms with Crippen LogP contribution in [0.5, 0.6) is 0 Å². The second-order valence-corrected chi connectivity index (χ2v) is 14.2. The van der Waals surface area contributed by atoms with E-state index in [-0.39, 0.29) is 63.6 Å². The first-order chi connectivity index (χ1) is 18.3. The van der Waals surface area contributed by atoms with Gasteiger partial charge in [0.05, 0.1) is 35.6 Å². The largest absolute Gasteiger partial charge is 0.511 e. The minimum Gasteiger partial charge on any atom is -0.511 e. The number of hydrogen-bond acceptors (Lipinski definition) is 8. The van der Waals surface area contributed by atoms with Crippen LogP contribution in [0.1, 0.15) is 29.5 Å². The summed E-state index contributed by atoms with van der Waals surface area (Å²) in [4.78, 5) is 15.3. The summed E-state index contributed by atoms with van der Waals surface area (Å²) >= 11 is 0. The van der Waals surface area contributed by atoms with Gasteiger partial charge < -0.3 is 20.1 Å². The molecule has 10 nitrogen and oxygen atoms in total. The van der Waals surface area contributed by atoms with Crippen molar-refractivity contribution in [3.05, 3.63) is 70.2 Å². The average molecular weight is 576 g/mol. The van der Waals surface area contributed by atoms with Gasteiger partial charge >= 0.3 is 0 Å². The number of rotatable bonds is 5. The molecule has 39 heavy (non-hydrogen) atoms. The standard InChI is InChI=1S/C26H26FN3O7S2/c1-13-9-14(3-5-16(13)27)11-30-23-19-8-7-18(37-19)21(23)24(31)22(26(30)32)25-28-17-6-4-15(12-38(2,33)34)10-20(17)39(35,36)29-25/h3-6,9-10,18-19,21,23,31H,7-8,11-12H2,1-2H3,(H,28,29)/t18-,19+,21?,23?/m0/s1. The van der Waals surface area contributed by atoms with Crippen molar-refractivity contribution in [2.75, 3.05) is 11.6 Å². The fourth-order valence-electron chi connectivity index (χ4n) is 6.05. The van der Waals surface area contributed by atoms with Crippen LogP contribution in [0, 0.1) is 18.7 Å². The first-order valence-corrected chi connectivity index (χ1v) is 15.9. The molecule has 0 aromatic heterocycles. The first-order valence-electron chi connectivity index (χ1n) is 12.4. The Morgan fingerprint density at radius 2 is 1.87 bits per heavy atom. The van der Waals surface area contributed by atoms with Crippen molar-refractivity contribution in [2.24, 2.45) is 10.3 Å². The van der Waals surface area contributed by atoms with Gasteiger partial charge in [-0.1, -0.05) is 18.2 Å². The summed E-state index contributed by atoms with van der Waals surface area (Å²) in [6.45, 7) is 1.73. The van der Waals surface area contributed by atoms with E-state index in [2.05, 4.69) is 9.71 Å². The van der Waals surface area contributed by atoms with Crippen molar-refractivity contribution in [1.29, 1.82) is 0 Å². The zero-order valence-electron chi connectivity index (χ0n) is 21.1. The molecule has 2 saturated heterocycles. The highest BCUT2D eigenvalue weighted by atomic mass is 32.2. The van der Waals surface area contributed by atoms with Gasteiger partial charge in [0.2, 0.25) is 0 Å². The quantitative estimate of drug-likeness (QED) is 0.554. The number of carbonyl (C=O) groups is 1. The summed E-state index contributed by atoms with van der Waals surface area (Å²) in [7, 11) is -7.75. The molecule has 4 heterocycles. The third kappa shape index (κ3) is 4.42. The lowest BCUT2D eigenvalue weighted by molar-refractivity contribution is -0.133. The minimum absolute atomic E-state index is 0.107. The normalized spacial score (nSPS) is 27.2. The molecular weight excluding hydrogens is 549 g/mol. The van der Waals surface area contributed by atoms with Crippen molar-refractivity contribution < 1.29 is 35.9 Å². The van der Waals surface area contributed by atoms with Gasteiger partial charge in [0.15, 0.2) is 15.7 Å². The van der Waals surface area contributed by atoms with Crippen molar-refractivity contribution >= 4 is 37.3 Å². The number of amides is 1. The average Bonchev–Trinajstić information content (AvgIpc) is 3.46. The number of hydrogen-bond donors (Lipinski definition) is 2. The van der Waals surface area contributed by atoms with Crippen LogP contribution in [-0.2, 0) is 41.7 Å². The molecule has 13 heteroatoms. The third-order valence-electron chi connectivity index (χ3n) is 7.67. The zero-order chi connectivity index (χ0) is 27.9. The fraction of sp³-hybridized carbons (Fsp3) is 0.385. The lowest BCUT2D eigenvalue weighted by Gasteiger charge is -2.42. The summed E-state index contributed by atoms with van der Waals surface area (Å²) in [5, 5.41) is 14.2. The van der Waals surface area contributed by atoms with Crippen LogP contribution in [0.3, 0.4) is 0 Å². The van der Waals surface area contributed by atoms with E-state index in [4.69, 9.17) is 4.74 Å². The second-order valence-electron chi connectivity index (χ2n) is 10.5. The predicted octanol–water partition coefficient (Wildman–Crippen LogP) is 2.59. The molecule has 4 aliphatic rings. The van der Waals surface area contributed by atoms with E-state index in [1.54, 1.807) is 24.0 Å². The predicted molar refractivity (Wildman–Crippen MR) is 140 cm³/mol. The molecule has 2 aromatic rings. The maximum absolute atomic E-state index is 13.9. The number of ether oxygens (including phenoxy) is 1. The minimum atomic E-state index is -4.34. The third-order valence-corrected chi connectivity index (χ3v) is 9.84. The molecule has 0 radical (unpaired) electrons. The highest BCUT2D eigenvalue weighted by Gasteiger charge is 2.58. The number of fused-ring (bicyclic) bond motifs is 6. The Morgan fingerprint density at radius 3 is 2.59 bits per heavy atom. The number of aliphatic hydroxyl groups excluding tert-OH is 1. The van der Waals surface area contributed by atoms with Gasteiger partial charge in [0.1, 0.15) is 22.0 Å². The van der Waals surface area contributed by atoms with Gasteiger partial charge in [0, 0.05) is 12.8 Å². The SMILES string of the molecule is Cc1cc(CN2C(=O)C(C3=NS(=O)(=O)c4cc(CS(C)(=O)=O)ccc4N3)=C(O)C3C2[C@H]2CC[C@@H]3O2)ccc1F. The number of benzene rings is 2. The van der Waals surface area contributed by atoms with E-state index in [0.717, 1.165) is 12.7 Å². The van der Waals surface area contributed by atoms with E-state index < -0.39 is 37.7 Å². The number of anilines is 1. The summed E-state index contributed by atoms with van der Waals surface area (Å²) in [5.41, 5.74) is 1.23. The molecule has 1 amide bonds. The molecular formula is C26H26FN3O7S2. The number of sulfonamides is 1. The molecule has 2 bridgehead atoms. The summed E-state index contributed by atoms with van der Waals surface area (Å²) in [5.74, 6) is -2.49. The first kappa shape index (κ1) is 26.0. The number of amidine groups is 1. The molecule has 4 aliphatic heterocycles. The van der Waals surface area contributed by atoms with Crippen LogP contribution < -0.4 is 5.32 Å². The molecule has 2 N–H and O–H groups in total. The molecule has 2 aromatic carbocycles. The highest BCUT2D eigenvalue weighted by Crippen LogP contribution is 2.48. The van der Waals surface area contributed by atoms with Crippen molar-refractivity contribution in [2.45, 2.75) is 55.2 Å². The van der Waals surface area contributed by atoms with E-state index in [0.29, 0.717) is 17.5 Å². The van der Waals surface area contributed by atoms with Crippen LogP contribution in [0.15, 0.2) is 57.0 Å². The Kier molecular flexibility index (Phi) is 5.90. The highest BCUT2D eigenvalue weighted by molar-refractivity contribution is 7.90. The molecule has 4 atom stereocenters. The van der Waals surface area contributed by atoms with Crippen LogP contribution in [0.2, 0.25) is 0 Å². The van der Waals surface area contributed by atoms with Crippen LogP contribution in [-0.4, -0.2) is 63.1 Å². The Hall–Kier alpha value is -3.29.